The Morgan fingerprint density at radius 3 is 2.31 bits per heavy atom. The molecule has 8 nitrogen and oxygen atoms in total. The zero-order chi connectivity index (χ0) is 17.8. The summed E-state index contributed by atoms with van der Waals surface area (Å²) in [5.74, 6) is -0.179. The maximum atomic E-state index is 13.1. The molecule has 0 aliphatic carbocycles. The molecule has 0 radical (unpaired) electrons. The number of aromatic nitrogens is 4. The van der Waals surface area contributed by atoms with Crippen molar-refractivity contribution in [2.45, 2.75) is 25.0 Å². The molecule has 2 unspecified atom stereocenters. The minimum atomic E-state index is -0.676. The second kappa shape index (κ2) is 5.29. The molecule has 130 valence electrons. The van der Waals surface area contributed by atoms with Crippen LogP contribution in [0.3, 0.4) is 0 Å². The molecule has 26 heavy (non-hydrogen) atoms. The average Bonchev–Trinajstić information content (AvgIpc) is 2.96. The van der Waals surface area contributed by atoms with Gasteiger partial charge in [-0.05, 0) is 37.1 Å². The van der Waals surface area contributed by atoms with E-state index in [1.54, 1.807) is 53.7 Å². The highest BCUT2D eigenvalue weighted by Gasteiger charge is 2.47. The molecule has 3 aliphatic rings. The highest BCUT2D eigenvalue weighted by Crippen LogP contribution is 2.39. The molecule has 1 saturated heterocycles. The lowest BCUT2D eigenvalue weighted by Gasteiger charge is -2.45. The van der Waals surface area contributed by atoms with Crippen molar-refractivity contribution in [2.24, 2.45) is 0 Å². The predicted molar refractivity (Wildman–Crippen MR) is 93.3 cm³/mol. The summed E-state index contributed by atoms with van der Waals surface area (Å²) in [5.41, 5.74) is 0.217. The van der Waals surface area contributed by atoms with Crippen molar-refractivity contribution < 1.29 is 4.79 Å². The van der Waals surface area contributed by atoms with Crippen LogP contribution in [0.4, 0.5) is 5.69 Å². The molecule has 2 bridgehead atoms. The molecule has 3 aromatic rings. The van der Waals surface area contributed by atoms with E-state index in [1.165, 1.54) is 9.36 Å². The molecule has 1 amide bonds. The summed E-state index contributed by atoms with van der Waals surface area (Å²) in [4.78, 5) is 44.6. The number of piperidine rings is 1. The summed E-state index contributed by atoms with van der Waals surface area (Å²) in [7, 11) is 0. The summed E-state index contributed by atoms with van der Waals surface area (Å²) in [6.07, 6.45) is 3.86. The number of nitrogens with zero attached hydrogens (tertiary/aromatic N) is 5. The number of hydrogen-bond acceptors (Lipinski definition) is 4. The van der Waals surface area contributed by atoms with Gasteiger partial charge >= 0.3 is 11.4 Å². The van der Waals surface area contributed by atoms with E-state index in [2.05, 4.69) is 4.98 Å². The van der Waals surface area contributed by atoms with Crippen molar-refractivity contribution >= 4 is 11.6 Å². The summed E-state index contributed by atoms with van der Waals surface area (Å²) >= 11 is 0. The number of para-hydroxylation sites is 1. The van der Waals surface area contributed by atoms with Crippen LogP contribution >= 0.6 is 0 Å². The van der Waals surface area contributed by atoms with Gasteiger partial charge in [-0.3, -0.25) is 14.7 Å². The standard InChI is InChI=1S/C18H15N5O3/c24-16-14-8-9-15(20(16)13-7-4-10-19-11-13)23-18(26)21(17(25)22(14)23)12-5-2-1-3-6-12/h1-7,10-11,14-15H,8-9H2. The lowest BCUT2D eigenvalue weighted by Crippen LogP contribution is -2.57. The van der Waals surface area contributed by atoms with Crippen molar-refractivity contribution in [1.82, 2.24) is 18.9 Å². The van der Waals surface area contributed by atoms with Crippen molar-refractivity contribution in [3.8, 4) is 5.69 Å². The minimum absolute atomic E-state index is 0.179. The van der Waals surface area contributed by atoms with E-state index in [1.807, 2.05) is 6.07 Å². The Morgan fingerprint density at radius 1 is 0.846 bits per heavy atom. The number of carbonyl (C=O) groups excluding carboxylic acids is 1. The number of benzene rings is 1. The van der Waals surface area contributed by atoms with Gasteiger partial charge in [0, 0.05) is 6.20 Å². The van der Waals surface area contributed by atoms with Gasteiger partial charge in [-0.1, -0.05) is 18.2 Å². The van der Waals surface area contributed by atoms with Crippen LogP contribution in [0, 0.1) is 0 Å². The topological polar surface area (TPSA) is 82.1 Å². The summed E-state index contributed by atoms with van der Waals surface area (Å²) in [6, 6.07) is 11.6. The number of fused-ring (bicyclic) bond motifs is 2. The Bertz CT molecular complexity index is 1110. The number of hydrogen-bond donors (Lipinski definition) is 0. The van der Waals surface area contributed by atoms with Crippen molar-refractivity contribution in [2.75, 3.05) is 4.90 Å². The van der Waals surface area contributed by atoms with Gasteiger partial charge in [0.05, 0.1) is 17.6 Å². The van der Waals surface area contributed by atoms with Gasteiger partial charge in [-0.15, -0.1) is 0 Å². The van der Waals surface area contributed by atoms with E-state index in [0.29, 0.717) is 24.2 Å². The number of anilines is 1. The zero-order valence-electron chi connectivity index (χ0n) is 13.7. The number of pyridine rings is 1. The minimum Gasteiger partial charge on any atom is -0.286 e. The van der Waals surface area contributed by atoms with Gasteiger partial charge in [-0.25, -0.2) is 23.5 Å². The van der Waals surface area contributed by atoms with Crippen LogP contribution < -0.4 is 16.3 Å². The first-order chi connectivity index (χ1) is 12.7. The van der Waals surface area contributed by atoms with E-state index >= 15 is 0 Å². The molecule has 1 fully saturated rings. The fourth-order valence-corrected chi connectivity index (χ4v) is 3.94. The van der Waals surface area contributed by atoms with Crippen LogP contribution in [0.25, 0.3) is 5.69 Å². The number of amides is 1. The lowest BCUT2D eigenvalue weighted by molar-refractivity contribution is -0.128. The Labute approximate surface area is 147 Å². The Kier molecular flexibility index (Phi) is 3.03. The smallest absolute Gasteiger partial charge is 0.286 e. The Balaban J connectivity index is 1.75. The normalized spacial score (nSPS) is 21.1. The van der Waals surface area contributed by atoms with Crippen molar-refractivity contribution in [1.29, 1.82) is 0 Å². The molecular formula is C18H15N5O3. The van der Waals surface area contributed by atoms with E-state index in [-0.39, 0.29) is 5.91 Å². The zero-order valence-corrected chi connectivity index (χ0v) is 13.7. The molecule has 8 heteroatoms. The molecule has 3 aliphatic heterocycles. The molecule has 0 saturated carbocycles. The number of carbonyl (C=O) groups is 1. The van der Waals surface area contributed by atoms with Crippen LogP contribution in [-0.4, -0.2) is 24.8 Å². The van der Waals surface area contributed by atoms with Crippen molar-refractivity contribution in [3.63, 3.8) is 0 Å². The molecule has 5 heterocycles. The first kappa shape index (κ1) is 14.9. The van der Waals surface area contributed by atoms with Gasteiger partial charge in [0.25, 0.3) is 5.91 Å². The summed E-state index contributed by atoms with van der Waals surface area (Å²) in [6.45, 7) is 0. The molecule has 6 rings (SSSR count). The molecule has 2 aromatic heterocycles. The van der Waals surface area contributed by atoms with Gasteiger partial charge in [0.2, 0.25) is 0 Å². The third-order valence-electron chi connectivity index (χ3n) is 5.04. The highest BCUT2D eigenvalue weighted by atomic mass is 16.2. The monoisotopic (exact) mass is 349 g/mol. The Hall–Kier alpha value is -3.42. The molecule has 0 spiro atoms. The third-order valence-corrected chi connectivity index (χ3v) is 5.04. The largest absolute Gasteiger partial charge is 0.353 e. The van der Waals surface area contributed by atoms with Crippen LogP contribution in [0.1, 0.15) is 25.0 Å². The van der Waals surface area contributed by atoms with Gasteiger partial charge < -0.3 is 0 Å². The third kappa shape index (κ3) is 1.83. The quantitative estimate of drug-likeness (QED) is 0.693. The first-order valence-electron chi connectivity index (χ1n) is 8.43. The van der Waals surface area contributed by atoms with E-state index in [4.69, 9.17) is 0 Å². The van der Waals surface area contributed by atoms with Crippen molar-refractivity contribution in [3.05, 3.63) is 75.8 Å². The van der Waals surface area contributed by atoms with Crippen LogP contribution in [0.15, 0.2) is 64.4 Å². The SMILES string of the molecule is O=C1C2CCC(N1c1cccnc1)n1c(=O)n(-c3ccccc3)c(=O)n12. The second-order valence-electron chi connectivity index (χ2n) is 6.42. The average molecular weight is 349 g/mol. The predicted octanol–water partition coefficient (Wildman–Crippen LogP) is 1.08. The van der Waals surface area contributed by atoms with E-state index < -0.39 is 23.6 Å². The van der Waals surface area contributed by atoms with Gasteiger partial charge in [-0.2, -0.15) is 0 Å². The van der Waals surface area contributed by atoms with Gasteiger partial charge in [0.1, 0.15) is 12.2 Å². The van der Waals surface area contributed by atoms with Gasteiger partial charge in [0.15, 0.2) is 0 Å². The summed E-state index contributed by atoms with van der Waals surface area (Å²) in [5, 5.41) is 0. The molecule has 1 aromatic carbocycles. The highest BCUT2D eigenvalue weighted by molar-refractivity contribution is 5.97. The van der Waals surface area contributed by atoms with Crippen LogP contribution in [0.2, 0.25) is 0 Å². The van der Waals surface area contributed by atoms with Crippen LogP contribution in [-0.2, 0) is 4.79 Å². The maximum Gasteiger partial charge on any atom is 0.353 e. The molecule has 0 N–H and O–H groups in total. The Morgan fingerprint density at radius 2 is 1.58 bits per heavy atom. The fraction of sp³-hybridized carbons (Fsp3) is 0.222. The molecular weight excluding hydrogens is 334 g/mol. The lowest BCUT2D eigenvalue weighted by atomic mass is 9.99. The van der Waals surface area contributed by atoms with Crippen LogP contribution in [0.5, 0.6) is 0 Å². The molecule has 2 atom stereocenters. The van der Waals surface area contributed by atoms with E-state index in [9.17, 15) is 14.4 Å². The summed E-state index contributed by atoms with van der Waals surface area (Å²) < 4.78 is 3.86. The number of rotatable bonds is 2. The second-order valence-corrected chi connectivity index (χ2v) is 6.42. The van der Waals surface area contributed by atoms with E-state index in [0.717, 1.165) is 4.57 Å². The fourth-order valence-electron chi connectivity index (χ4n) is 3.94. The first-order valence-corrected chi connectivity index (χ1v) is 8.43. The maximum absolute atomic E-state index is 13.1.